The van der Waals surface area contributed by atoms with Gasteiger partial charge in [-0.3, -0.25) is 19.7 Å². The smallest absolute Gasteiger partial charge is 0.411 e. The first-order chi connectivity index (χ1) is 38.2. The number of hydrogen-bond acceptors (Lipinski definition) is 20. The van der Waals surface area contributed by atoms with Crippen molar-refractivity contribution < 1.29 is 95.7 Å². The number of urea groups is 1. The van der Waals surface area contributed by atoms with Gasteiger partial charge in [0.1, 0.15) is 24.0 Å². The van der Waals surface area contributed by atoms with Crippen molar-refractivity contribution in [3.63, 3.8) is 0 Å². The third kappa shape index (κ3) is 20.8. The van der Waals surface area contributed by atoms with Crippen molar-refractivity contribution in [3.05, 3.63) is 112 Å². The minimum atomic E-state index is -4.65. The number of para-hydroxylation sites is 2. The quantitative estimate of drug-likeness (QED) is 0.0215. The normalized spacial score (nSPS) is 12.9. The van der Waals surface area contributed by atoms with E-state index in [-0.39, 0.29) is 64.5 Å². The van der Waals surface area contributed by atoms with Gasteiger partial charge in [-0.2, -0.15) is 36.8 Å². The molecule has 6 rings (SSSR count). The molecule has 29 heteroatoms. The topological polar surface area (TPSA) is 301 Å². The van der Waals surface area contributed by atoms with Gasteiger partial charge in [0, 0.05) is 30.2 Å². The summed E-state index contributed by atoms with van der Waals surface area (Å²) in [6.07, 6.45) is -2.37. The van der Waals surface area contributed by atoms with Crippen LogP contribution in [0.3, 0.4) is 0 Å². The Hall–Kier alpha value is -8.13. The third-order valence-corrected chi connectivity index (χ3v) is 13.0. The van der Waals surface area contributed by atoms with Crippen LogP contribution < -0.4 is 37.9 Å². The molecule has 1 aromatic heterocycles. The number of carbonyl (C=O) groups excluding carboxylic acids is 5. The van der Waals surface area contributed by atoms with Crippen LogP contribution in [0.25, 0.3) is 0 Å². The zero-order valence-corrected chi connectivity index (χ0v) is 46.5. The Morgan fingerprint density at radius 3 is 2.04 bits per heavy atom. The van der Waals surface area contributed by atoms with Gasteiger partial charge in [-0.15, -0.1) is 0 Å². The minimum Gasteiger partial charge on any atom is -0.490 e. The molecule has 0 spiro atoms. The molecule has 1 fully saturated rings. The van der Waals surface area contributed by atoms with Gasteiger partial charge in [-0.05, 0) is 93.4 Å². The highest BCUT2D eigenvalue weighted by atomic mass is 35.5. The molecule has 0 saturated heterocycles. The number of rotatable bonds is 22. The summed E-state index contributed by atoms with van der Waals surface area (Å²) in [6.45, 7) is 3.58. The summed E-state index contributed by atoms with van der Waals surface area (Å²) in [5.41, 5.74) is -0.429. The number of esters is 1. The van der Waals surface area contributed by atoms with Crippen molar-refractivity contribution >= 4 is 67.0 Å². The van der Waals surface area contributed by atoms with Gasteiger partial charge >= 0.3 is 28.5 Å². The van der Waals surface area contributed by atoms with Crippen LogP contribution in [0.5, 0.6) is 40.5 Å². The molecule has 0 radical (unpaired) electrons. The number of nitriles is 1. The van der Waals surface area contributed by atoms with Crippen molar-refractivity contribution in [3.8, 4) is 46.6 Å². The first kappa shape index (κ1) is 65.4. The van der Waals surface area contributed by atoms with Crippen molar-refractivity contribution in [1.29, 1.82) is 5.26 Å². The second kappa shape index (κ2) is 30.5. The zero-order valence-electron chi connectivity index (χ0n) is 44.1. The standard InChI is InChI=1S/C20H20FNO4.C17H16ClF3O6S.C15H18N4O7S/c1-3-4-11-24-20(23)14(2)25-16-6-8-17(9-7-16)26-19-10-5-15(13-22)12-18(19)21;1-28(25,26)13-6-5-9(15(18)10(13)7-27-8-17(19,20)21)16(24)14-11(22)3-2-4-12(14)23;1-4-25-10-7-5-6-8-11(10)26-27(21,22)19-15(20)18-14-16-12(23-2)9-13(17-14)24-3/h5-10,12,14H,3-4,11H2,1-2H3;5-6,14H,2-4,7-8H2,1H3;5-9H,4H2,1-3H3,(H2,16,17,18,19,20)/t14-;;/m1../s1. The average Bonchev–Trinajstić information content (AvgIpc) is 3.40. The number of ketones is 3. The van der Waals surface area contributed by atoms with Crippen LogP contribution in [0.2, 0.25) is 5.02 Å². The van der Waals surface area contributed by atoms with Crippen molar-refractivity contribution in [2.24, 2.45) is 5.92 Å². The van der Waals surface area contributed by atoms with E-state index in [9.17, 15) is 58.4 Å². The molecule has 1 aliphatic carbocycles. The lowest BCUT2D eigenvalue weighted by atomic mass is 9.81. The van der Waals surface area contributed by atoms with Crippen molar-refractivity contribution in [2.75, 3.05) is 45.6 Å². The van der Waals surface area contributed by atoms with Crippen LogP contribution in [0.1, 0.15) is 74.4 Å². The molecule has 5 aromatic rings. The number of carbonyl (C=O) groups is 5. The number of ether oxygens (including phenoxy) is 7. The highest BCUT2D eigenvalue weighted by Gasteiger charge is 2.38. The molecule has 0 aliphatic heterocycles. The van der Waals surface area contributed by atoms with Gasteiger partial charge in [0.05, 0.1) is 61.7 Å². The number of nitrogens with zero attached hydrogens (tertiary/aromatic N) is 3. The summed E-state index contributed by atoms with van der Waals surface area (Å²) in [6, 6.07) is 20.7. The highest BCUT2D eigenvalue weighted by molar-refractivity contribution is 7.90. The van der Waals surface area contributed by atoms with Crippen LogP contribution in [0.15, 0.2) is 89.8 Å². The molecular weight excluding hydrogens is 1140 g/mol. The second-order valence-electron chi connectivity index (χ2n) is 16.7. The number of sulfone groups is 1. The number of hydrogen-bond donors (Lipinski definition) is 2. The Morgan fingerprint density at radius 1 is 0.864 bits per heavy atom. The Balaban J connectivity index is 0.000000262. The third-order valence-electron chi connectivity index (χ3n) is 10.5. The summed E-state index contributed by atoms with van der Waals surface area (Å²) in [7, 11) is -5.67. The molecule has 2 amide bonds. The maximum atomic E-state index is 13.8. The fraction of sp³-hybridized carbons (Fsp3) is 0.346. The summed E-state index contributed by atoms with van der Waals surface area (Å²) in [4.78, 5) is 67.7. The van der Waals surface area contributed by atoms with E-state index < -0.39 is 96.6 Å². The van der Waals surface area contributed by atoms with Gasteiger partial charge in [-0.25, -0.2) is 27.1 Å². The monoisotopic (exact) mass is 1200 g/mol. The number of methoxy groups -OCH3 is 2. The van der Waals surface area contributed by atoms with E-state index in [4.69, 9.17) is 49.5 Å². The van der Waals surface area contributed by atoms with Gasteiger partial charge in [0.2, 0.25) is 17.7 Å². The van der Waals surface area contributed by atoms with E-state index in [1.165, 1.54) is 44.6 Å². The number of benzene rings is 4. The molecule has 2 N–H and O–H groups in total. The van der Waals surface area contributed by atoms with Gasteiger partial charge < -0.3 is 37.3 Å². The van der Waals surface area contributed by atoms with Crippen LogP contribution in [0.4, 0.5) is 28.3 Å². The Morgan fingerprint density at radius 2 is 1.48 bits per heavy atom. The number of nitrogens with one attached hydrogen (secondary N) is 2. The number of alkyl halides is 3. The molecule has 436 valence electrons. The first-order valence-corrected chi connectivity index (χ1v) is 27.7. The number of amides is 2. The van der Waals surface area contributed by atoms with E-state index >= 15 is 0 Å². The molecule has 4 aromatic carbocycles. The SMILES string of the molecule is CCCCOC(=O)[C@@H](C)Oc1ccc(Oc2ccc(C#N)cc2F)cc1.CCOc1ccccc1OS(=O)(=O)NC(=O)Nc1nc(OC)cc(OC)n1.CS(=O)(=O)c1ccc(C(=O)C2C(=O)CCCC2=O)c(Cl)c1COCC(F)(F)F. The average molecular weight is 1200 g/mol. The first-order valence-electron chi connectivity index (χ1n) is 24.0. The van der Waals surface area contributed by atoms with E-state index in [2.05, 4.69) is 20.0 Å². The predicted octanol–water partition coefficient (Wildman–Crippen LogP) is 8.88. The second-order valence-corrected chi connectivity index (χ2v) is 20.4. The number of aromatic nitrogens is 2. The summed E-state index contributed by atoms with van der Waals surface area (Å²) >= 11 is 6.11. The van der Waals surface area contributed by atoms with Gasteiger partial charge in [0.15, 0.2) is 56.4 Å². The summed E-state index contributed by atoms with van der Waals surface area (Å²) < 4.78 is 141. The lowest BCUT2D eigenvalue weighted by Gasteiger charge is -2.20. The van der Waals surface area contributed by atoms with Crippen LogP contribution in [-0.2, 0) is 50.6 Å². The Labute approximate surface area is 468 Å². The number of halogens is 5. The van der Waals surface area contributed by atoms with E-state index in [1.54, 1.807) is 55.0 Å². The van der Waals surface area contributed by atoms with E-state index in [0.717, 1.165) is 37.3 Å². The Kier molecular flexibility index (Phi) is 24.6. The van der Waals surface area contributed by atoms with Gasteiger partial charge in [0.25, 0.3) is 0 Å². The number of anilines is 1. The van der Waals surface area contributed by atoms with Crippen LogP contribution >= 0.6 is 11.6 Å². The summed E-state index contributed by atoms with van der Waals surface area (Å²) in [5, 5.41) is 10.4. The fourth-order valence-corrected chi connectivity index (χ4v) is 8.78. The van der Waals surface area contributed by atoms with Gasteiger partial charge in [-0.1, -0.05) is 37.1 Å². The molecule has 1 saturated carbocycles. The largest absolute Gasteiger partial charge is 0.490 e. The molecule has 1 aliphatic rings. The molecule has 22 nitrogen and oxygen atoms in total. The van der Waals surface area contributed by atoms with E-state index in [1.807, 2.05) is 13.0 Å². The highest BCUT2D eigenvalue weighted by Crippen LogP contribution is 2.34. The molecule has 81 heavy (non-hydrogen) atoms. The number of Topliss-reactive ketones (excluding diaryl/α,β-unsaturated/α-hetero) is 3. The van der Waals surface area contributed by atoms with E-state index in [0.29, 0.717) is 31.1 Å². The van der Waals surface area contributed by atoms with Crippen molar-refractivity contribution in [2.45, 2.75) is 76.7 Å². The Bertz CT molecular complexity index is 3270. The lowest BCUT2D eigenvalue weighted by molar-refractivity contribution is -0.176. The molecule has 1 atom stereocenters. The maximum absolute atomic E-state index is 13.8. The molecule has 0 unspecified atom stereocenters. The molecular formula is C52H54ClF4N5O17S2. The maximum Gasteiger partial charge on any atom is 0.411 e. The van der Waals surface area contributed by atoms with Crippen molar-refractivity contribution in [1.82, 2.24) is 14.7 Å². The lowest BCUT2D eigenvalue weighted by Crippen LogP contribution is -2.37. The predicted molar refractivity (Wildman–Crippen MR) is 280 cm³/mol. The fourth-order valence-electron chi connectivity index (χ4n) is 6.79. The zero-order chi connectivity index (χ0) is 60.1. The minimum absolute atomic E-state index is 0.0190. The van der Waals surface area contributed by atoms with Crippen LogP contribution in [0, 0.1) is 23.1 Å². The molecule has 0 bridgehead atoms. The molecule has 1 heterocycles. The summed E-state index contributed by atoms with van der Waals surface area (Å²) in [5.74, 6) is -3.59. The van der Waals surface area contributed by atoms with Crippen LogP contribution in [-0.4, -0.2) is 109 Å². The number of unbranched alkanes of at least 4 members (excludes halogenated alkanes) is 1.